The van der Waals surface area contributed by atoms with Crippen LogP contribution >= 0.6 is 11.3 Å². The second-order valence-electron chi connectivity index (χ2n) is 3.01. The molecule has 0 aliphatic heterocycles. The first-order valence-corrected chi connectivity index (χ1v) is 5.21. The molecule has 1 radical (unpaired) electrons. The summed E-state index contributed by atoms with van der Waals surface area (Å²) in [6.45, 7) is 0. The van der Waals surface area contributed by atoms with Gasteiger partial charge in [-0.05, 0) is 29.6 Å². The lowest BCUT2D eigenvalue weighted by Gasteiger charge is -1.85. The molecule has 0 saturated heterocycles. The molecule has 0 amide bonds. The number of nitrogens with one attached hydrogen (secondary N) is 1. The Morgan fingerprint density at radius 1 is 1.36 bits per heavy atom. The minimum Gasteiger partial charge on any atom is -0.337 e. The summed E-state index contributed by atoms with van der Waals surface area (Å²) < 4.78 is 0. The minimum atomic E-state index is 0.939. The Kier molecular flexibility index (Phi) is 1.64. The minimum absolute atomic E-state index is 0.939. The van der Waals surface area contributed by atoms with Crippen molar-refractivity contribution < 1.29 is 0 Å². The van der Waals surface area contributed by atoms with Crippen molar-refractivity contribution in [3.63, 3.8) is 0 Å². The van der Waals surface area contributed by atoms with Gasteiger partial charge in [-0.25, -0.2) is 4.98 Å². The number of thiophene rings is 1. The molecule has 3 aromatic rings. The highest BCUT2D eigenvalue weighted by atomic mass is 32.1. The Bertz CT molecular complexity index is 518. The van der Waals surface area contributed by atoms with Crippen LogP contribution in [0.1, 0.15) is 0 Å². The zero-order valence-electron chi connectivity index (χ0n) is 7.32. The van der Waals surface area contributed by atoms with Gasteiger partial charge in [0.2, 0.25) is 0 Å². The third-order valence-corrected chi connectivity index (χ3v) is 2.96. The van der Waals surface area contributed by atoms with Gasteiger partial charge in [0, 0.05) is 0 Å². The molecule has 0 saturated carbocycles. The first kappa shape index (κ1) is 7.76. The maximum Gasteiger partial charge on any atom is 0.148 e. The molecule has 3 heteroatoms. The number of aromatic amines is 1. The predicted octanol–water partition coefficient (Wildman–Crippen LogP) is 3.09. The first-order valence-electron chi connectivity index (χ1n) is 4.33. The van der Waals surface area contributed by atoms with Crippen molar-refractivity contribution in [3.8, 4) is 10.7 Å². The standard InChI is InChI=1S/C11H7N2S/c1-2-5-9-8(4-1)12-11(13-9)10-6-3-7-14-10/h1,3-7H,(H,12,13). The zero-order valence-corrected chi connectivity index (χ0v) is 8.14. The second-order valence-corrected chi connectivity index (χ2v) is 3.95. The van der Waals surface area contributed by atoms with Crippen molar-refractivity contribution in [1.82, 2.24) is 9.97 Å². The molecule has 1 N–H and O–H groups in total. The van der Waals surface area contributed by atoms with Gasteiger partial charge in [-0.15, -0.1) is 11.3 Å². The number of H-pyrrole nitrogens is 1. The molecule has 2 nitrogen and oxygen atoms in total. The third kappa shape index (κ3) is 1.14. The molecule has 0 unspecified atom stereocenters. The Hall–Kier alpha value is -1.61. The van der Waals surface area contributed by atoms with E-state index in [-0.39, 0.29) is 0 Å². The van der Waals surface area contributed by atoms with Crippen molar-refractivity contribution in [2.75, 3.05) is 0 Å². The molecule has 14 heavy (non-hydrogen) atoms. The molecule has 2 aromatic heterocycles. The third-order valence-electron chi connectivity index (χ3n) is 2.08. The van der Waals surface area contributed by atoms with E-state index in [1.165, 1.54) is 4.88 Å². The van der Waals surface area contributed by atoms with Crippen LogP contribution in [0.4, 0.5) is 0 Å². The van der Waals surface area contributed by atoms with Crippen LogP contribution in [-0.4, -0.2) is 9.97 Å². The van der Waals surface area contributed by atoms with E-state index in [0.29, 0.717) is 0 Å². The molecule has 67 valence electrons. The number of imidazole rings is 1. The van der Waals surface area contributed by atoms with E-state index in [1.54, 1.807) is 11.3 Å². The Morgan fingerprint density at radius 2 is 2.36 bits per heavy atom. The summed E-state index contributed by atoms with van der Waals surface area (Å²) in [6.07, 6.45) is 0. The normalized spacial score (nSPS) is 10.9. The van der Waals surface area contributed by atoms with Crippen LogP contribution < -0.4 is 0 Å². The average Bonchev–Trinajstić information content (AvgIpc) is 2.86. The molecule has 1 aromatic carbocycles. The van der Waals surface area contributed by atoms with Crippen LogP contribution in [0.5, 0.6) is 0 Å². The van der Waals surface area contributed by atoms with Gasteiger partial charge in [0.05, 0.1) is 15.9 Å². The number of hydrogen-bond acceptors (Lipinski definition) is 2. The van der Waals surface area contributed by atoms with Crippen molar-refractivity contribution in [3.05, 3.63) is 41.8 Å². The van der Waals surface area contributed by atoms with E-state index >= 15 is 0 Å². The fourth-order valence-corrected chi connectivity index (χ4v) is 2.09. The summed E-state index contributed by atoms with van der Waals surface area (Å²) in [5.41, 5.74) is 2.03. The summed E-state index contributed by atoms with van der Waals surface area (Å²) in [7, 11) is 0. The first-order chi connectivity index (χ1) is 6.93. The van der Waals surface area contributed by atoms with E-state index in [2.05, 4.69) is 27.5 Å². The number of aromatic nitrogens is 2. The van der Waals surface area contributed by atoms with Gasteiger partial charge in [0.25, 0.3) is 0 Å². The molecule has 0 spiro atoms. The molecule has 0 atom stereocenters. The number of nitrogens with zero attached hydrogens (tertiary/aromatic N) is 1. The topological polar surface area (TPSA) is 28.7 Å². The van der Waals surface area contributed by atoms with Gasteiger partial charge in [-0.3, -0.25) is 0 Å². The van der Waals surface area contributed by atoms with Crippen molar-refractivity contribution in [2.24, 2.45) is 0 Å². The van der Waals surface area contributed by atoms with E-state index in [1.807, 2.05) is 24.3 Å². The average molecular weight is 199 g/mol. The van der Waals surface area contributed by atoms with Crippen LogP contribution in [0, 0.1) is 6.07 Å². The molecule has 0 fully saturated rings. The van der Waals surface area contributed by atoms with Gasteiger partial charge in [0.15, 0.2) is 0 Å². The molecular formula is C11H7N2S. The maximum absolute atomic E-state index is 4.48. The van der Waals surface area contributed by atoms with E-state index in [0.717, 1.165) is 16.9 Å². The van der Waals surface area contributed by atoms with Crippen LogP contribution in [0.25, 0.3) is 21.7 Å². The lowest BCUT2D eigenvalue weighted by molar-refractivity contribution is 1.36. The molecule has 3 rings (SSSR count). The number of benzene rings is 1. The monoisotopic (exact) mass is 199 g/mol. The van der Waals surface area contributed by atoms with E-state index in [9.17, 15) is 0 Å². The Morgan fingerprint density at radius 3 is 3.14 bits per heavy atom. The van der Waals surface area contributed by atoms with Gasteiger partial charge in [-0.2, -0.15) is 0 Å². The van der Waals surface area contributed by atoms with Gasteiger partial charge < -0.3 is 4.98 Å². The Balaban J connectivity index is 2.24. The van der Waals surface area contributed by atoms with Crippen LogP contribution in [0.15, 0.2) is 35.7 Å². The zero-order chi connectivity index (χ0) is 9.38. The molecular weight excluding hydrogens is 192 g/mol. The van der Waals surface area contributed by atoms with E-state index in [4.69, 9.17) is 0 Å². The highest BCUT2D eigenvalue weighted by Crippen LogP contribution is 2.23. The fraction of sp³-hybridized carbons (Fsp3) is 0. The Labute approximate surface area is 85.2 Å². The maximum atomic E-state index is 4.48. The molecule has 2 heterocycles. The molecule has 0 bridgehead atoms. The summed E-state index contributed by atoms with van der Waals surface area (Å²) in [4.78, 5) is 8.92. The van der Waals surface area contributed by atoms with Crippen LogP contribution in [0.3, 0.4) is 0 Å². The summed E-state index contributed by atoms with van der Waals surface area (Å²) >= 11 is 1.69. The van der Waals surface area contributed by atoms with Crippen molar-refractivity contribution in [1.29, 1.82) is 0 Å². The van der Waals surface area contributed by atoms with Crippen LogP contribution in [-0.2, 0) is 0 Å². The van der Waals surface area contributed by atoms with Gasteiger partial charge >= 0.3 is 0 Å². The number of fused-ring (bicyclic) bond motifs is 1. The SMILES string of the molecule is [c]1ccc2[nH]c(-c3cccs3)nc2c1. The second kappa shape index (κ2) is 2.96. The van der Waals surface area contributed by atoms with Crippen molar-refractivity contribution >= 4 is 22.4 Å². The summed E-state index contributed by atoms with van der Waals surface area (Å²) in [5.74, 6) is 0.939. The summed E-state index contributed by atoms with van der Waals surface area (Å²) in [5, 5.41) is 2.05. The van der Waals surface area contributed by atoms with Gasteiger partial charge in [0.1, 0.15) is 5.82 Å². The van der Waals surface area contributed by atoms with E-state index < -0.39 is 0 Å². The quantitative estimate of drug-likeness (QED) is 0.641. The lowest BCUT2D eigenvalue weighted by atomic mass is 10.3. The highest BCUT2D eigenvalue weighted by molar-refractivity contribution is 7.13. The largest absolute Gasteiger partial charge is 0.337 e. The smallest absolute Gasteiger partial charge is 0.148 e. The molecule has 0 aliphatic carbocycles. The van der Waals surface area contributed by atoms with Crippen LogP contribution in [0.2, 0.25) is 0 Å². The number of hydrogen-bond donors (Lipinski definition) is 1. The lowest BCUT2D eigenvalue weighted by Crippen LogP contribution is -1.72. The summed E-state index contributed by atoms with van der Waals surface area (Å²) in [6, 6.07) is 12.9. The highest BCUT2D eigenvalue weighted by Gasteiger charge is 2.04. The van der Waals surface area contributed by atoms with Gasteiger partial charge in [-0.1, -0.05) is 12.1 Å². The van der Waals surface area contributed by atoms with Crippen molar-refractivity contribution in [2.45, 2.75) is 0 Å². The number of rotatable bonds is 1. The predicted molar refractivity (Wildman–Crippen MR) is 58.2 cm³/mol. The fourth-order valence-electron chi connectivity index (χ4n) is 1.43. The molecule has 0 aliphatic rings.